The average Bonchev–Trinajstić information content (AvgIpc) is 3.29. The number of pyridine rings is 1. The lowest BCUT2D eigenvalue weighted by Gasteiger charge is -2.28. The van der Waals surface area contributed by atoms with Gasteiger partial charge in [-0.3, -0.25) is 4.98 Å². The first-order valence-electron chi connectivity index (χ1n) is 11.4. The number of aryl methyl sites for hydroxylation is 1. The Morgan fingerprint density at radius 2 is 1.91 bits per heavy atom. The first-order valence-corrected chi connectivity index (χ1v) is 11.8. The molecule has 0 aliphatic carbocycles. The van der Waals surface area contributed by atoms with E-state index in [1.807, 2.05) is 36.5 Å². The fourth-order valence-corrected chi connectivity index (χ4v) is 5.11. The predicted molar refractivity (Wildman–Crippen MR) is 138 cm³/mol. The summed E-state index contributed by atoms with van der Waals surface area (Å²) in [5.41, 5.74) is 5.55. The van der Waals surface area contributed by atoms with Gasteiger partial charge in [-0.15, -0.1) is 0 Å². The fraction of sp³-hybridized carbons (Fsp3) is 0.346. The van der Waals surface area contributed by atoms with Crippen LogP contribution in [0.1, 0.15) is 51.5 Å². The van der Waals surface area contributed by atoms with Crippen molar-refractivity contribution < 1.29 is 9.90 Å². The van der Waals surface area contributed by atoms with Gasteiger partial charge in [-0.1, -0.05) is 6.07 Å². The minimum Gasteiger partial charge on any atom is -0.478 e. The molecule has 0 saturated carbocycles. The minimum atomic E-state index is -0.926. The molecule has 0 unspecified atom stereocenters. The molecule has 1 saturated heterocycles. The zero-order chi connectivity index (χ0) is 24.4. The molecular weight excluding hydrogens is 446 g/mol. The standard InChI is InChI=1S/C26H31N5O2S/c1-17-16-21(18(2)31(17)20-11-9-19(10-12-20)25(32)33)24-23(22-8-5-6-13-27-22)28-26(34)30(24)15-7-14-29(3)4/h5-6,8-13,16,23-24H,7,14-15H2,1-4H3,(H,28,34)(H,32,33)/t23-,24-/m1/s1. The maximum atomic E-state index is 11.3. The Morgan fingerprint density at radius 1 is 1.18 bits per heavy atom. The summed E-state index contributed by atoms with van der Waals surface area (Å²) in [4.78, 5) is 20.4. The van der Waals surface area contributed by atoms with Crippen LogP contribution < -0.4 is 5.32 Å². The van der Waals surface area contributed by atoms with Crippen molar-refractivity contribution in [2.45, 2.75) is 32.4 Å². The maximum absolute atomic E-state index is 11.3. The van der Waals surface area contributed by atoms with E-state index in [-0.39, 0.29) is 17.6 Å². The van der Waals surface area contributed by atoms with Gasteiger partial charge in [0.05, 0.1) is 23.3 Å². The normalized spacial score (nSPS) is 17.9. The average molecular weight is 478 g/mol. The predicted octanol–water partition coefficient (Wildman–Crippen LogP) is 4.11. The van der Waals surface area contributed by atoms with Gasteiger partial charge < -0.3 is 24.8 Å². The number of aromatic nitrogens is 2. The van der Waals surface area contributed by atoms with Gasteiger partial charge in [0.2, 0.25) is 0 Å². The van der Waals surface area contributed by atoms with Crippen LogP contribution in [0.2, 0.25) is 0 Å². The van der Waals surface area contributed by atoms with Gasteiger partial charge in [-0.05, 0) is 101 Å². The van der Waals surface area contributed by atoms with E-state index in [2.05, 4.69) is 58.7 Å². The van der Waals surface area contributed by atoms with E-state index in [0.29, 0.717) is 0 Å². The molecule has 3 aromatic rings. The summed E-state index contributed by atoms with van der Waals surface area (Å²) in [6, 6.07) is 15.1. The van der Waals surface area contributed by atoms with Gasteiger partial charge in [-0.2, -0.15) is 0 Å². The number of thiocarbonyl (C=S) groups is 1. The van der Waals surface area contributed by atoms with E-state index in [4.69, 9.17) is 12.2 Å². The molecule has 2 N–H and O–H groups in total. The molecular formula is C26H31N5O2S. The molecule has 4 rings (SSSR count). The van der Waals surface area contributed by atoms with Gasteiger partial charge >= 0.3 is 5.97 Å². The number of aromatic carboxylic acids is 1. The van der Waals surface area contributed by atoms with E-state index in [0.717, 1.165) is 47.4 Å². The fourth-order valence-electron chi connectivity index (χ4n) is 4.78. The summed E-state index contributed by atoms with van der Waals surface area (Å²) < 4.78 is 2.18. The maximum Gasteiger partial charge on any atom is 0.335 e. The second kappa shape index (κ2) is 9.95. The number of carboxylic acids is 1. The van der Waals surface area contributed by atoms with Crippen LogP contribution >= 0.6 is 12.2 Å². The lowest BCUT2D eigenvalue weighted by Crippen LogP contribution is -2.32. The first kappa shape index (κ1) is 23.9. The van der Waals surface area contributed by atoms with Crippen LogP contribution in [-0.4, -0.2) is 62.7 Å². The SMILES string of the molecule is Cc1cc([C@@H]2[C@@H](c3ccccn3)NC(=S)N2CCCN(C)C)c(C)n1-c1ccc(C(=O)O)cc1. The van der Waals surface area contributed by atoms with Crippen LogP contribution in [0.5, 0.6) is 0 Å². The van der Waals surface area contributed by atoms with Crippen molar-refractivity contribution in [2.24, 2.45) is 0 Å². The van der Waals surface area contributed by atoms with Crippen LogP contribution in [-0.2, 0) is 0 Å². The Labute approximate surface area is 206 Å². The summed E-state index contributed by atoms with van der Waals surface area (Å²) in [6.07, 6.45) is 2.81. The second-order valence-electron chi connectivity index (χ2n) is 8.99. The molecule has 178 valence electrons. The van der Waals surface area contributed by atoms with Gasteiger partial charge in [0.25, 0.3) is 0 Å². The van der Waals surface area contributed by atoms with Crippen molar-refractivity contribution in [2.75, 3.05) is 27.2 Å². The van der Waals surface area contributed by atoms with Crippen molar-refractivity contribution in [1.82, 2.24) is 24.7 Å². The molecule has 0 amide bonds. The number of hydrogen-bond donors (Lipinski definition) is 2. The highest BCUT2D eigenvalue weighted by Gasteiger charge is 2.41. The van der Waals surface area contributed by atoms with Crippen LogP contribution in [0.3, 0.4) is 0 Å². The quantitative estimate of drug-likeness (QED) is 0.473. The van der Waals surface area contributed by atoms with Crippen LogP contribution in [0, 0.1) is 13.8 Å². The van der Waals surface area contributed by atoms with Crippen molar-refractivity contribution in [3.8, 4) is 5.69 Å². The number of benzene rings is 1. The van der Waals surface area contributed by atoms with Gasteiger partial charge in [-0.25, -0.2) is 4.79 Å². The Hall–Kier alpha value is -3.23. The molecule has 8 heteroatoms. The molecule has 1 aliphatic heterocycles. The van der Waals surface area contributed by atoms with E-state index < -0.39 is 5.97 Å². The molecule has 1 aromatic carbocycles. The second-order valence-corrected chi connectivity index (χ2v) is 9.38. The van der Waals surface area contributed by atoms with E-state index in [9.17, 15) is 9.90 Å². The Morgan fingerprint density at radius 3 is 2.53 bits per heavy atom. The topological polar surface area (TPSA) is 73.6 Å². The van der Waals surface area contributed by atoms with Gasteiger partial charge in [0.15, 0.2) is 5.11 Å². The Bertz CT molecular complexity index is 1170. The number of hydrogen-bond acceptors (Lipinski definition) is 4. The molecule has 0 radical (unpaired) electrons. The molecule has 0 bridgehead atoms. The zero-order valence-electron chi connectivity index (χ0n) is 20.0. The summed E-state index contributed by atoms with van der Waals surface area (Å²) in [7, 11) is 4.16. The van der Waals surface area contributed by atoms with Crippen molar-refractivity contribution in [3.63, 3.8) is 0 Å². The Balaban J connectivity index is 1.75. The van der Waals surface area contributed by atoms with Crippen molar-refractivity contribution in [1.29, 1.82) is 0 Å². The van der Waals surface area contributed by atoms with Crippen LogP contribution in [0.25, 0.3) is 5.69 Å². The summed E-state index contributed by atoms with van der Waals surface area (Å²) in [5.74, 6) is -0.926. The Kier molecular flexibility index (Phi) is 7.00. The van der Waals surface area contributed by atoms with Crippen molar-refractivity contribution >= 4 is 23.3 Å². The monoisotopic (exact) mass is 477 g/mol. The van der Waals surface area contributed by atoms with E-state index in [1.165, 1.54) is 5.56 Å². The number of carbonyl (C=O) groups is 1. The largest absolute Gasteiger partial charge is 0.478 e. The van der Waals surface area contributed by atoms with Crippen LogP contribution in [0.4, 0.5) is 0 Å². The molecule has 0 spiro atoms. The number of rotatable bonds is 8. The molecule has 34 heavy (non-hydrogen) atoms. The third kappa shape index (κ3) is 4.69. The molecule has 2 atom stereocenters. The summed E-state index contributed by atoms with van der Waals surface area (Å²) in [5, 5.41) is 13.5. The van der Waals surface area contributed by atoms with Gasteiger partial charge in [0, 0.05) is 29.8 Å². The van der Waals surface area contributed by atoms with E-state index in [1.54, 1.807) is 12.1 Å². The van der Waals surface area contributed by atoms with E-state index >= 15 is 0 Å². The zero-order valence-corrected chi connectivity index (χ0v) is 20.8. The summed E-state index contributed by atoms with van der Waals surface area (Å²) in [6.45, 7) is 6.01. The third-order valence-corrected chi connectivity index (χ3v) is 6.72. The molecule has 7 nitrogen and oxygen atoms in total. The lowest BCUT2D eigenvalue weighted by atomic mass is 9.96. The molecule has 1 aliphatic rings. The van der Waals surface area contributed by atoms with Crippen molar-refractivity contribution in [3.05, 3.63) is 82.9 Å². The molecule has 3 heterocycles. The lowest BCUT2D eigenvalue weighted by molar-refractivity contribution is 0.0697. The highest BCUT2D eigenvalue weighted by molar-refractivity contribution is 7.80. The minimum absolute atomic E-state index is 0.00260. The van der Waals surface area contributed by atoms with Crippen LogP contribution in [0.15, 0.2) is 54.7 Å². The number of nitrogens with zero attached hydrogens (tertiary/aromatic N) is 4. The number of carboxylic acid groups (broad SMARTS) is 1. The highest BCUT2D eigenvalue weighted by atomic mass is 32.1. The molecule has 2 aromatic heterocycles. The third-order valence-electron chi connectivity index (χ3n) is 6.36. The number of nitrogens with one attached hydrogen (secondary N) is 1. The smallest absolute Gasteiger partial charge is 0.335 e. The highest BCUT2D eigenvalue weighted by Crippen LogP contribution is 2.41. The first-order chi connectivity index (χ1) is 16.3. The molecule has 1 fully saturated rings. The summed E-state index contributed by atoms with van der Waals surface area (Å²) >= 11 is 5.80. The van der Waals surface area contributed by atoms with Gasteiger partial charge in [0.1, 0.15) is 0 Å².